The first kappa shape index (κ1) is 13.0. The Hall–Kier alpha value is -1.02. The normalized spacial score (nSPS) is 23.7. The molecule has 1 heterocycles. The Balaban J connectivity index is 1.93. The van der Waals surface area contributed by atoms with E-state index in [2.05, 4.69) is 24.4 Å². The van der Waals surface area contributed by atoms with Crippen molar-refractivity contribution >= 4 is 23.2 Å². The van der Waals surface area contributed by atoms with Crippen molar-refractivity contribution in [2.75, 3.05) is 5.32 Å². The third kappa shape index (κ3) is 2.06. The molecule has 0 saturated heterocycles. The topological polar surface area (TPSA) is 29.1 Å². The lowest BCUT2D eigenvalue weighted by Crippen LogP contribution is -2.26. The lowest BCUT2D eigenvalue weighted by Gasteiger charge is -2.21. The van der Waals surface area contributed by atoms with Crippen LogP contribution in [0, 0.1) is 11.8 Å². The number of carbonyl (C=O) groups is 1. The summed E-state index contributed by atoms with van der Waals surface area (Å²) in [4.78, 5) is 11.9. The molecule has 0 radical (unpaired) electrons. The van der Waals surface area contributed by atoms with Crippen LogP contribution in [0.15, 0.2) is 18.2 Å². The van der Waals surface area contributed by atoms with Gasteiger partial charge in [-0.15, -0.1) is 11.6 Å². The molecule has 1 amide bonds. The Morgan fingerprint density at radius 3 is 2.68 bits per heavy atom. The van der Waals surface area contributed by atoms with Crippen molar-refractivity contribution in [3.05, 3.63) is 29.3 Å². The molecule has 3 heteroatoms. The van der Waals surface area contributed by atoms with Crippen molar-refractivity contribution in [2.45, 2.75) is 44.4 Å². The fourth-order valence-corrected chi connectivity index (χ4v) is 3.27. The smallest absolute Gasteiger partial charge is 0.234 e. The van der Waals surface area contributed by atoms with E-state index in [4.69, 9.17) is 11.6 Å². The van der Waals surface area contributed by atoms with Crippen LogP contribution in [-0.2, 0) is 10.2 Å². The Kier molecular flexibility index (Phi) is 2.90. The summed E-state index contributed by atoms with van der Waals surface area (Å²) in [7, 11) is 0. The predicted octanol–water partition coefficient (Wildman–Crippen LogP) is 4.24. The highest BCUT2D eigenvalue weighted by Crippen LogP contribution is 2.47. The maximum Gasteiger partial charge on any atom is 0.234 e. The van der Waals surface area contributed by atoms with E-state index >= 15 is 0 Å². The zero-order valence-electron chi connectivity index (χ0n) is 11.7. The van der Waals surface area contributed by atoms with Crippen molar-refractivity contribution < 1.29 is 4.79 Å². The van der Waals surface area contributed by atoms with E-state index < -0.39 is 5.41 Å². The first-order chi connectivity index (χ1) is 8.91. The molecule has 1 aromatic carbocycles. The summed E-state index contributed by atoms with van der Waals surface area (Å²) < 4.78 is 0. The average molecular weight is 278 g/mol. The minimum atomic E-state index is -0.454. The molecular weight excluding hydrogens is 258 g/mol. The number of alkyl halides is 1. The van der Waals surface area contributed by atoms with Gasteiger partial charge in [-0.3, -0.25) is 4.79 Å². The van der Waals surface area contributed by atoms with E-state index in [9.17, 15) is 4.79 Å². The molecular formula is C16H20ClNO. The molecule has 1 fully saturated rings. The van der Waals surface area contributed by atoms with Gasteiger partial charge in [0.25, 0.3) is 0 Å². The highest BCUT2D eigenvalue weighted by atomic mass is 35.5. The van der Waals surface area contributed by atoms with Crippen LogP contribution in [0.5, 0.6) is 0 Å². The van der Waals surface area contributed by atoms with Gasteiger partial charge in [0.2, 0.25) is 5.91 Å². The summed E-state index contributed by atoms with van der Waals surface area (Å²) >= 11 is 6.62. The first-order valence-electron chi connectivity index (χ1n) is 7.01. The van der Waals surface area contributed by atoms with Gasteiger partial charge in [0.1, 0.15) is 0 Å². The molecule has 2 unspecified atom stereocenters. The van der Waals surface area contributed by atoms with Gasteiger partial charge in [-0.05, 0) is 55.7 Å². The molecule has 102 valence electrons. The largest absolute Gasteiger partial charge is 0.325 e. The van der Waals surface area contributed by atoms with Crippen LogP contribution < -0.4 is 5.32 Å². The van der Waals surface area contributed by atoms with Gasteiger partial charge >= 0.3 is 0 Å². The minimum absolute atomic E-state index is 0.0457. The zero-order chi connectivity index (χ0) is 13.8. The third-order valence-electron chi connectivity index (χ3n) is 4.68. The molecule has 2 aliphatic rings. The molecule has 19 heavy (non-hydrogen) atoms. The summed E-state index contributed by atoms with van der Waals surface area (Å²) in [6.45, 7) is 6.16. The summed E-state index contributed by atoms with van der Waals surface area (Å²) in [6.07, 6.45) is 2.61. The van der Waals surface area contributed by atoms with Crippen molar-refractivity contribution in [1.82, 2.24) is 0 Å². The van der Waals surface area contributed by atoms with Gasteiger partial charge in [-0.25, -0.2) is 0 Å². The Bertz CT molecular complexity index is 534. The van der Waals surface area contributed by atoms with E-state index in [1.54, 1.807) is 0 Å². The highest BCUT2D eigenvalue weighted by molar-refractivity contribution is 6.21. The second-order valence-electron chi connectivity index (χ2n) is 6.48. The maximum absolute atomic E-state index is 11.9. The summed E-state index contributed by atoms with van der Waals surface area (Å²) in [5.74, 6) is 1.36. The van der Waals surface area contributed by atoms with Crippen molar-refractivity contribution in [1.29, 1.82) is 0 Å². The van der Waals surface area contributed by atoms with E-state index in [0.29, 0.717) is 5.92 Å². The van der Waals surface area contributed by atoms with Gasteiger partial charge in [-0.2, -0.15) is 0 Å². The lowest BCUT2D eigenvalue weighted by molar-refractivity contribution is -0.119. The molecule has 1 saturated carbocycles. The molecule has 3 rings (SSSR count). The number of rotatable bonds is 3. The second-order valence-corrected chi connectivity index (χ2v) is 6.95. The van der Waals surface area contributed by atoms with Gasteiger partial charge in [0.05, 0.1) is 10.8 Å². The molecule has 1 aliphatic heterocycles. The van der Waals surface area contributed by atoms with Crippen molar-refractivity contribution in [3.8, 4) is 0 Å². The van der Waals surface area contributed by atoms with Gasteiger partial charge < -0.3 is 5.32 Å². The van der Waals surface area contributed by atoms with Crippen molar-refractivity contribution in [2.24, 2.45) is 11.8 Å². The Labute approximate surface area is 119 Å². The van der Waals surface area contributed by atoms with Gasteiger partial charge in [-0.1, -0.05) is 19.1 Å². The number of anilines is 1. The third-order valence-corrected chi connectivity index (χ3v) is 5.33. The van der Waals surface area contributed by atoms with E-state index in [1.165, 1.54) is 12.8 Å². The van der Waals surface area contributed by atoms with Gasteiger partial charge in [0, 0.05) is 5.69 Å². The number of benzene rings is 1. The highest BCUT2D eigenvalue weighted by Gasteiger charge is 2.39. The Morgan fingerprint density at radius 1 is 1.37 bits per heavy atom. The van der Waals surface area contributed by atoms with Crippen LogP contribution in [0.25, 0.3) is 0 Å². The standard InChI is InChI=1S/C16H20ClNO/c1-9(10-4-5-10)14(17)11-6-7-13-12(8-11)16(2,3)15(19)18-13/h6-10,14H,4-5H2,1-3H3,(H,18,19). The number of amides is 1. The molecule has 0 spiro atoms. The number of nitrogens with one attached hydrogen (secondary N) is 1. The molecule has 0 aromatic heterocycles. The monoisotopic (exact) mass is 277 g/mol. The summed E-state index contributed by atoms with van der Waals surface area (Å²) in [5, 5.41) is 2.98. The SMILES string of the molecule is CC(C1CC1)C(Cl)c1ccc2c(c1)C(C)(C)C(=O)N2. The fourth-order valence-electron chi connectivity index (χ4n) is 2.92. The molecule has 2 atom stereocenters. The molecule has 1 aliphatic carbocycles. The van der Waals surface area contributed by atoms with E-state index in [1.807, 2.05) is 19.9 Å². The minimum Gasteiger partial charge on any atom is -0.325 e. The number of carbonyl (C=O) groups excluding carboxylic acids is 1. The Morgan fingerprint density at radius 2 is 2.05 bits per heavy atom. The van der Waals surface area contributed by atoms with E-state index in [-0.39, 0.29) is 11.3 Å². The van der Waals surface area contributed by atoms with Crippen LogP contribution >= 0.6 is 11.6 Å². The number of hydrogen-bond acceptors (Lipinski definition) is 1. The molecule has 0 bridgehead atoms. The maximum atomic E-state index is 11.9. The molecule has 1 N–H and O–H groups in total. The van der Waals surface area contributed by atoms with Crippen LogP contribution in [-0.4, -0.2) is 5.91 Å². The average Bonchev–Trinajstić information content (AvgIpc) is 3.18. The first-order valence-corrected chi connectivity index (χ1v) is 7.45. The fraction of sp³-hybridized carbons (Fsp3) is 0.562. The zero-order valence-corrected chi connectivity index (χ0v) is 12.4. The lowest BCUT2D eigenvalue weighted by atomic mass is 9.84. The van der Waals surface area contributed by atoms with Crippen LogP contribution in [0.4, 0.5) is 5.69 Å². The van der Waals surface area contributed by atoms with E-state index in [0.717, 1.165) is 22.7 Å². The molecule has 1 aromatic rings. The summed E-state index contributed by atoms with van der Waals surface area (Å²) in [6, 6.07) is 6.16. The quantitative estimate of drug-likeness (QED) is 0.823. The predicted molar refractivity (Wildman–Crippen MR) is 78.6 cm³/mol. The second kappa shape index (κ2) is 4.24. The van der Waals surface area contributed by atoms with Crippen LogP contribution in [0.2, 0.25) is 0 Å². The van der Waals surface area contributed by atoms with Crippen molar-refractivity contribution in [3.63, 3.8) is 0 Å². The summed E-state index contributed by atoms with van der Waals surface area (Å²) in [5.41, 5.74) is 2.69. The molecule has 2 nitrogen and oxygen atoms in total. The number of halogens is 1. The van der Waals surface area contributed by atoms with Crippen LogP contribution in [0.1, 0.15) is 50.1 Å². The van der Waals surface area contributed by atoms with Gasteiger partial charge in [0.15, 0.2) is 0 Å². The van der Waals surface area contributed by atoms with Crippen LogP contribution in [0.3, 0.4) is 0 Å². The number of fused-ring (bicyclic) bond motifs is 1. The number of hydrogen-bond donors (Lipinski definition) is 1.